The number of nitrogens with one attached hydrogen (secondary N) is 1. The van der Waals surface area contributed by atoms with Crippen molar-refractivity contribution in [2.24, 2.45) is 5.92 Å². The molecule has 0 aromatic heterocycles. The summed E-state index contributed by atoms with van der Waals surface area (Å²) in [5, 5.41) is 3.62. The molecule has 0 aliphatic carbocycles. The summed E-state index contributed by atoms with van der Waals surface area (Å²) in [6, 6.07) is 0.727. The van der Waals surface area contributed by atoms with Crippen molar-refractivity contribution in [3.63, 3.8) is 0 Å². The predicted octanol–water partition coefficient (Wildman–Crippen LogP) is 2.06. The summed E-state index contributed by atoms with van der Waals surface area (Å²) in [7, 11) is 0. The first-order valence-electron chi connectivity index (χ1n) is 6.25. The van der Waals surface area contributed by atoms with Crippen LogP contribution in [0.1, 0.15) is 27.2 Å². The molecule has 0 aromatic rings. The molecule has 0 bridgehead atoms. The van der Waals surface area contributed by atoms with Gasteiger partial charge in [0, 0.05) is 38.0 Å². The first-order valence-corrected chi connectivity index (χ1v) is 7.41. The second-order valence-corrected chi connectivity index (χ2v) is 6.17. The fourth-order valence-corrected chi connectivity index (χ4v) is 2.84. The molecule has 0 aromatic carbocycles. The van der Waals surface area contributed by atoms with Gasteiger partial charge in [-0.2, -0.15) is 11.8 Å². The van der Waals surface area contributed by atoms with Crippen LogP contribution in [0.4, 0.5) is 0 Å². The van der Waals surface area contributed by atoms with Crippen LogP contribution >= 0.6 is 11.8 Å². The Morgan fingerprint density at radius 2 is 2.27 bits per heavy atom. The fraction of sp³-hybridized carbons (Fsp3) is 1.00. The van der Waals surface area contributed by atoms with E-state index in [4.69, 9.17) is 0 Å². The quantitative estimate of drug-likeness (QED) is 0.703. The Balaban J connectivity index is 2.17. The van der Waals surface area contributed by atoms with Gasteiger partial charge in [-0.1, -0.05) is 20.8 Å². The number of hydrogen-bond acceptors (Lipinski definition) is 3. The van der Waals surface area contributed by atoms with Gasteiger partial charge in [-0.15, -0.1) is 0 Å². The van der Waals surface area contributed by atoms with Crippen LogP contribution in [0.15, 0.2) is 0 Å². The molecule has 3 heteroatoms. The number of rotatable bonds is 6. The Morgan fingerprint density at radius 1 is 1.47 bits per heavy atom. The van der Waals surface area contributed by atoms with E-state index in [2.05, 4.69) is 42.7 Å². The van der Waals surface area contributed by atoms with E-state index in [9.17, 15) is 0 Å². The lowest BCUT2D eigenvalue weighted by Crippen LogP contribution is -2.51. The smallest absolute Gasteiger partial charge is 0.0198 e. The highest BCUT2D eigenvalue weighted by Gasteiger charge is 2.19. The topological polar surface area (TPSA) is 15.3 Å². The van der Waals surface area contributed by atoms with Gasteiger partial charge in [-0.3, -0.25) is 4.90 Å². The van der Waals surface area contributed by atoms with Crippen LogP contribution < -0.4 is 5.32 Å². The van der Waals surface area contributed by atoms with Gasteiger partial charge >= 0.3 is 0 Å². The van der Waals surface area contributed by atoms with E-state index in [0.717, 1.165) is 12.0 Å². The molecule has 0 amide bonds. The summed E-state index contributed by atoms with van der Waals surface area (Å²) in [6.45, 7) is 11.8. The lowest BCUT2D eigenvalue weighted by atomic mass is 10.0. The maximum absolute atomic E-state index is 3.62. The minimum Gasteiger partial charge on any atom is -0.311 e. The van der Waals surface area contributed by atoms with Crippen LogP contribution in [0.3, 0.4) is 0 Å². The van der Waals surface area contributed by atoms with Gasteiger partial charge in [-0.25, -0.2) is 0 Å². The van der Waals surface area contributed by atoms with Crippen LogP contribution in [0.2, 0.25) is 0 Å². The predicted molar refractivity (Wildman–Crippen MR) is 70.7 cm³/mol. The molecule has 1 unspecified atom stereocenters. The van der Waals surface area contributed by atoms with Crippen molar-refractivity contribution in [2.45, 2.75) is 33.2 Å². The summed E-state index contributed by atoms with van der Waals surface area (Å²) in [6.07, 6.45) is 1.32. The summed E-state index contributed by atoms with van der Waals surface area (Å²) >= 11 is 2.05. The first-order chi connectivity index (χ1) is 7.22. The third kappa shape index (κ3) is 5.79. The van der Waals surface area contributed by atoms with Gasteiger partial charge in [0.25, 0.3) is 0 Å². The normalized spacial score (nSPS) is 23.6. The Hall–Kier alpha value is 0.270. The summed E-state index contributed by atoms with van der Waals surface area (Å²) in [4.78, 5) is 2.62. The van der Waals surface area contributed by atoms with E-state index in [1.54, 1.807) is 0 Å². The van der Waals surface area contributed by atoms with E-state index >= 15 is 0 Å². The lowest BCUT2D eigenvalue weighted by Gasteiger charge is -2.34. The van der Waals surface area contributed by atoms with Gasteiger partial charge in [0.15, 0.2) is 0 Å². The molecule has 0 spiro atoms. The van der Waals surface area contributed by atoms with E-state index in [0.29, 0.717) is 0 Å². The van der Waals surface area contributed by atoms with Gasteiger partial charge in [0.2, 0.25) is 0 Å². The average molecular weight is 230 g/mol. The average Bonchev–Trinajstić information content (AvgIpc) is 2.18. The molecule has 2 nitrogen and oxygen atoms in total. The first kappa shape index (κ1) is 13.3. The van der Waals surface area contributed by atoms with E-state index in [1.165, 1.54) is 44.1 Å². The molecule has 15 heavy (non-hydrogen) atoms. The standard InChI is InChI=1S/C12H26N2S/c1-4-15-8-7-14-6-5-13-12(10-14)9-11(2)3/h11-13H,4-10H2,1-3H3. The Kier molecular flexibility index (Phi) is 6.69. The summed E-state index contributed by atoms with van der Waals surface area (Å²) in [5.74, 6) is 3.36. The molecule has 1 atom stereocenters. The molecule has 0 radical (unpaired) electrons. The lowest BCUT2D eigenvalue weighted by molar-refractivity contribution is 0.196. The van der Waals surface area contributed by atoms with Crippen molar-refractivity contribution in [2.75, 3.05) is 37.7 Å². The second kappa shape index (κ2) is 7.53. The monoisotopic (exact) mass is 230 g/mol. The van der Waals surface area contributed by atoms with Crippen molar-refractivity contribution < 1.29 is 0 Å². The molecular weight excluding hydrogens is 204 g/mol. The van der Waals surface area contributed by atoms with Gasteiger partial charge in [0.1, 0.15) is 0 Å². The molecule has 0 saturated carbocycles. The molecule has 1 rings (SSSR count). The molecule has 1 saturated heterocycles. The third-order valence-corrected chi connectivity index (χ3v) is 3.73. The van der Waals surface area contributed by atoms with E-state index in [1.807, 2.05) is 0 Å². The zero-order valence-electron chi connectivity index (χ0n) is 10.5. The summed E-state index contributed by atoms with van der Waals surface area (Å²) < 4.78 is 0. The van der Waals surface area contributed by atoms with Crippen LogP contribution in [0, 0.1) is 5.92 Å². The van der Waals surface area contributed by atoms with Crippen LogP contribution in [0.5, 0.6) is 0 Å². The molecule has 90 valence electrons. The minimum absolute atomic E-state index is 0.727. The Morgan fingerprint density at radius 3 is 2.93 bits per heavy atom. The third-order valence-electron chi connectivity index (χ3n) is 2.85. The van der Waals surface area contributed by atoms with Gasteiger partial charge in [-0.05, 0) is 18.1 Å². The molecule has 1 aliphatic heterocycles. The minimum atomic E-state index is 0.727. The highest BCUT2D eigenvalue weighted by atomic mass is 32.2. The SMILES string of the molecule is CCSCCN1CCNC(CC(C)C)C1. The van der Waals surface area contributed by atoms with E-state index in [-0.39, 0.29) is 0 Å². The van der Waals surface area contributed by atoms with Crippen molar-refractivity contribution in [1.82, 2.24) is 10.2 Å². The van der Waals surface area contributed by atoms with Gasteiger partial charge in [0.05, 0.1) is 0 Å². The van der Waals surface area contributed by atoms with Crippen LogP contribution in [0.25, 0.3) is 0 Å². The number of thioether (sulfide) groups is 1. The number of nitrogens with zero attached hydrogens (tertiary/aromatic N) is 1. The molecule has 1 fully saturated rings. The Labute approximate surface area is 99.2 Å². The summed E-state index contributed by atoms with van der Waals surface area (Å²) in [5.41, 5.74) is 0. The highest BCUT2D eigenvalue weighted by Crippen LogP contribution is 2.10. The van der Waals surface area contributed by atoms with Gasteiger partial charge < -0.3 is 5.32 Å². The van der Waals surface area contributed by atoms with Crippen molar-refractivity contribution in [1.29, 1.82) is 0 Å². The van der Waals surface area contributed by atoms with Crippen molar-refractivity contribution in [3.05, 3.63) is 0 Å². The van der Waals surface area contributed by atoms with Crippen molar-refractivity contribution in [3.8, 4) is 0 Å². The Bertz CT molecular complexity index is 162. The fourth-order valence-electron chi connectivity index (χ4n) is 2.16. The van der Waals surface area contributed by atoms with Crippen LogP contribution in [-0.2, 0) is 0 Å². The number of hydrogen-bond donors (Lipinski definition) is 1. The molecule has 1 N–H and O–H groups in total. The van der Waals surface area contributed by atoms with Crippen LogP contribution in [-0.4, -0.2) is 48.6 Å². The second-order valence-electron chi connectivity index (χ2n) is 4.78. The van der Waals surface area contributed by atoms with Crippen molar-refractivity contribution >= 4 is 11.8 Å². The molecule has 1 aliphatic rings. The molecular formula is C12H26N2S. The highest BCUT2D eigenvalue weighted by molar-refractivity contribution is 7.99. The molecule has 1 heterocycles. The maximum Gasteiger partial charge on any atom is 0.0198 e. The largest absolute Gasteiger partial charge is 0.311 e. The maximum atomic E-state index is 3.62. The zero-order chi connectivity index (χ0) is 11.1. The van der Waals surface area contributed by atoms with E-state index < -0.39 is 0 Å². The number of piperazine rings is 1. The zero-order valence-corrected chi connectivity index (χ0v) is 11.3.